The first-order valence-electron chi connectivity index (χ1n) is 8.99. The van der Waals surface area contributed by atoms with E-state index in [1.807, 2.05) is 37.3 Å². The largest absolute Gasteiger partial charge is 0.454 e. The minimum Gasteiger partial charge on any atom is -0.454 e. The molecule has 2 aliphatic rings. The van der Waals surface area contributed by atoms with Crippen molar-refractivity contribution in [3.8, 4) is 11.5 Å². The molecule has 2 aromatic rings. The van der Waals surface area contributed by atoms with Crippen LogP contribution >= 0.6 is 11.8 Å². The number of carbonyl (C=O) groups is 2. The molecule has 2 aromatic carbocycles. The molecule has 7 nitrogen and oxygen atoms in total. The summed E-state index contributed by atoms with van der Waals surface area (Å²) in [6.45, 7) is 3.84. The average molecular weight is 409 g/mol. The summed E-state index contributed by atoms with van der Waals surface area (Å²) in [5.74, 6) is 0.551. The Labute approximate surface area is 172 Å². The highest BCUT2D eigenvalue weighted by Gasteiger charge is 2.33. The number of aryl methyl sites for hydroxylation is 1. The van der Waals surface area contributed by atoms with E-state index in [2.05, 4.69) is 4.99 Å². The molecule has 8 heteroatoms. The molecule has 1 atom stereocenters. The van der Waals surface area contributed by atoms with Crippen LogP contribution in [0.2, 0.25) is 0 Å². The van der Waals surface area contributed by atoms with E-state index in [1.54, 1.807) is 25.1 Å². The van der Waals surface area contributed by atoms with Gasteiger partial charge in [-0.3, -0.25) is 14.5 Å². The van der Waals surface area contributed by atoms with Gasteiger partial charge < -0.3 is 15.2 Å². The molecule has 0 saturated carbocycles. The third-order valence-electron chi connectivity index (χ3n) is 4.50. The van der Waals surface area contributed by atoms with Gasteiger partial charge in [-0.05, 0) is 49.8 Å². The molecule has 0 aliphatic carbocycles. The van der Waals surface area contributed by atoms with E-state index in [9.17, 15) is 9.59 Å². The fourth-order valence-electron chi connectivity index (χ4n) is 2.87. The van der Waals surface area contributed by atoms with E-state index in [1.165, 1.54) is 4.90 Å². The monoisotopic (exact) mass is 409 g/mol. The summed E-state index contributed by atoms with van der Waals surface area (Å²) in [5.41, 5.74) is 8.19. The maximum absolute atomic E-state index is 13.1. The number of rotatable bonds is 4. The van der Waals surface area contributed by atoms with Crippen LogP contribution in [0.15, 0.2) is 53.2 Å². The van der Waals surface area contributed by atoms with Gasteiger partial charge in [0.15, 0.2) is 16.7 Å². The number of ether oxygens (including phenoxy) is 2. The van der Waals surface area contributed by atoms with Crippen molar-refractivity contribution in [2.45, 2.75) is 19.1 Å². The van der Waals surface area contributed by atoms with E-state index in [-0.39, 0.29) is 18.4 Å². The number of anilines is 1. The molecule has 0 saturated heterocycles. The van der Waals surface area contributed by atoms with Crippen molar-refractivity contribution in [3.05, 3.63) is 59.3 Å². The van der Waals surface area contributed by atoms with E-state index >= 15 is 0 Å². The number of fused-ring (bicyclic) bond motifs is 1. The van der Waals surface area contributed by atoms with E-state index in [4.69, 9.17) is 15.2 Å². The quantitative estimate of drug-likeness (QED) is 0.783. The fourth-order valence-corrected chi connectivity index (χ4v) is 3.75. The summed E-state index contributed by atoms with van der Waals surface area (Å²) >= 11 is 1.16. The summed E-state index contributed by atoms with van der Waals surface area (Å²) in [7, 11) is 0. The van der Waals surface area contributed by atoms with Crippen molar-refractivity contribution in [1.82, 2.24) is 0 Å². The van der Waals surface area contributed by atoms with Gasteiger partial charge in [0.1, 0.15) is 5.70 Å². The summed E-state index contributed by atoms with van der Waals surface area (Å²) in [6.07, 6.45) is 1.69. The molecule has 0 fully saturated rings. The van der Waals surface area contributed by atoms with Gasteiger partial charge in [-0.15, -0.1) is 0 Å². The lowest BCUT2D eigenvalue weighted by Crippen LogP contribution is -2.33. The summed E-state index contributed by atoms with van der Waals surface area (Å²) in [4.78, 5) is 30.7. The Morgan fingerprint density at radius 1 is 1.21 bits per heavy atom. The number of primary amides is 1. The smallest absolute Gasteiger partial charge is 0.283 e. The van der Waals surface area contributed by atoms with Crippen molar-refractivity contribution < 1.29 is 19.1 Å². The van der Waals surface area contributed by atoms with Crippen LogP contribution in [0.5, 0.6) is 11.5 Å². The number of nitrogens with two attached hydrogens (primary N) is 1. The number of benzene rings is 2. The minimum atomic E-state index is -0.528. The molecular weight excluding hydrogens is 390 g/mol. The van der Waals surface area contributed by atoms with Crippen molar-refractivity contribution in [2.75, 3.05) is 11.7 Å². The number of carbonyl (C=O) groups excluding carboxylic acids is 2. The molecule has 2 aliphatic heterocycles. The van der Waals surface area contributed by atoms with Crippen LogP contribution in [-0.4, -0.2) is 29.0 Å². The summed E-state index contributed by atoms with van der Waals surface area (Å²) in [6, 6.07) is 13.0. The van der Waals surface area contributed by atoms with Gasteiger partial charge in [0.25, 0.3) is 5.91 Å². The van der Waals surface area contributed by atoms with Crippen LogP contribution in [0, 0.1) is 6.92 Å². The lowest BCUT2D eigenvalue weighted by atomic mass is 10.1. The third-order valence-corrected chi connectivity index (χ3v) is 5.58. The maximum atomic E-state index is 13.1. The van der Waals surface area contributed by atoms with Gasteiger partial charge in [-0.25, -0.2) is 4.99 Å². The normalized spacial score (nSPS) is 17.6. The Morgan fingerprint density at radius 2 is 1.93 bits per heavy atom. The van der Waals surface area contributed by atoms with Crippen LogP contribution in [-0.2, 0) is 9.59 Å². The lowest BCUT2D eigenvalue weighted by Gasteiger charge is -2.19. The zero-order chi connectivity index (χ0) is 20.5. The van der Waals surface area contributed by atoms with Gasteiger partial charge in [-0.2, -0.15) is 0 Å². The predicted octanol–water partition coefficient (Wildman–Crippen LogP) is 3.07. The molecule has 2 N–H and O–H groups in total. The first-order chi connectivity index (χ1) is 13.9. The van der Waals surface area contributed by atoms with Crippen molar-refractivity contribution in [1.29, 1.82) is 0 Å². The lowest BCUT2D eigenvalue weighted by molar-refractivity contribution is -0.117. The van der Waals surface area contributed by atoms with E-state index < -0.39 is 11.2 Å². The minimum absolute atomic E-state index is 0.180. The van der Waals surface area contributed by atoms with E-state index in [0.29, 0.717) is 22.4 Å². The number of hydrogen-bond donors (Lipinski definition) is 1. The Balaban J connectivity index is 1.70. The SMILES string of the molecule is Cc1ccc(N2C(=O)/C(=C\c3ccc4c(c3)OCO4)N=C2SC(C)C(N)=O)cc1. The molecule has 2 amide bonds. The maximum Gasteiger partial charge on any atom is 0.283 e. The van der Waals surface area contributed by atoms with Gasteiger partial charge in [0, 0.05) is 0 Å². The topological polar surface area (TPSA) is 94.2 Å². The average Bonchev–Trinajstić information content (AvgIpc) is 3.27. The molecule has 0 radical (unpaired) electrons. The molecular formula is C21H19N3O4S. The fraction of sp³-hybridized carbons (Fsp3) is 0.190. The molecule has 4 rings (SSSR count). The van der Waals surface area contributed by atoms with Crippen LogP contribution in [0.25, 0.3) is 6.08 Å². The van der Waals surface area contributed by atoms with Crippen LogP contribution < -0.4 is 20.1 Å². The molecule has 148 valence electrons. The van der Waals surface area contributed by atoms with Crippen LogP contribution in [0.3, 0.4) is 0 Å². The predicted molar refractivity (Wildman–Crippen MR) is 113 cm³/mol. The standard InChI is InChI=1S/C21H19N3O4S/c1-12-3-6-15(7-4-12)24-20(26)16(23-21(24)29-13(2)19(22)25)9-14-5-8-17-18(10-14)28-11-27-17/h3-10,13H,11H2,1-2H3,(H2,22,25)/b16-9+. The third kappa shape index (κ3) is 3.84. The van der Waals surface area contributed by atoms with Crippen LogP contribution in [0.4, 0.5) is 5.69 Å². The highest BCUT2D eigenvalue weighted by Crippen LogP contribution is 2.35. The second kappa shape index (κ2) is 7.63. The summed E-state index contributed by atoms with van der Waals surface area (Å²) in [5, 5.41) is -0.114. The molecule has 0 bridgehead atoms. The number of thioether (sulfide) groups is 1. The number of amidine groups is 1. The number of hydrogen-bond acceptors (Lipinski definition) is 6. The zero-order valence-electron chi connectivity index (χ0n) is 15.9. The first kappa shape index (κ1) is 19.1. The summed E-state index contributed by atoms with van der Waals surface area (Å²) < 4.78 is 10.7. The Hall–Kier alpha value is -3.26. The van der Waals surface area contributed by atoms with Gasteiger partial charge in [0.2, 0.25) is 12.7 Å². The Bertz CT molecular complexity index is 1050. The van der Waals surface area contributed by atoms with Gasteiger partial charge >= 0.3 is 0 Å². The van der Waals surface area contributed by atoms with Crippen LogP contribution in [0.1, 0.15) is 18.1 Å². The van der Waals surface area contributed by atoms with Gasteiger partial charge in [-0.1, -0.05) is 35.5 Å². The molecule has 0 aromatic heterocycles. The Morgan fingerprint density at radius 3 is 2.66 bits per heavy atom. The molecule has 2 heterocycles. The Kier molecular flexibility index (Phi) is 5.02. The number of aliphatic imine (C=N–C) groups is 1. The van der Waals surface area contributed by atoms with Crippen molar-refractivity contribution in [3.63, 3.8) is 0 Å². The molecule has 0 spiro atoms. The van der Waals surface area contributed by atoms with Crippen molar-refractivity contribution >= 4 is 40.5 Å². The number of nitrogens with zero attached hydrogens (tertiary/aromatic N) is 2. The number of amides is 2. The second-order valence-corrected chi connectivity index (χ2v) is 7.98. The highest BCUT2D eigenvalue weighted by molar-refractivity contribution is 8.15. The first-order valence-corrected chi connectivity index (χ1v) is 9.87. The molecule has 29 heavy (non-hydrogen) atoms. The van der Waals surface area contributed by atoms with Crippen molar-refractivity contribution in [2.24, 2.45) is 10.7 Å². The van der Waals surface area contributed by atoms with Gasteiger partial charge in [0.05, 0.1) is 10.9 Å². The molecule has 1 unspecified atom stereocenters. The van der Waals surface area contributed by atoms with E-state index in [0.717, 1.165) is 22.9 Å². The highest BCUT2D eigenvalue weighted by atomic mass is 32.2. The second-order valence-electron chi connectivity index (χ2n) is 6.68. The zero-order valence-corrected chi connectivity index (χ0v) is 16.7.